The molecule has 0 unspecified atom stereocenters. The molecule has 5 heteroatoms. The van der Waals surface area contributed by atoms with E-state index in [1.807, 2.05) is 22.6 Å². The summed E-state index contributed by atoms with van der Waals surface area (Å²) in [5.41, 5.74) is -0.0891. The zero-order chi connectivity index (χ0) is 9.30. The molecular weight excluding hydrogens is 339 g/mol. The third-order valence-electron chi connectivity index (χ3n) is 1.26. The summed E-state index contributed by atoms with van der Waals surface area (Å²) in [6.45, 7) is 0. The van der Waals surface area contributed by atoms with Crippen molar-refractivity contribution in [3.05, 3.63) is 25.7 Å². The van der Waals surface area contributed by atoms with Gasteiger partial charge in [0.05, 0.1) is 4.47 Å². The maximum Gasteiger partial charge on any atom is 0.339 e. The molecule has 0 aromatic heterocycles. The summed E-state index contributed by atoms with van der Waals surface area (Å²) < 4.78 is 1.15. The molecule has 0 aliphatic heterocycles. The largest absolute Gasteiger partial charge is 0.506 e. The molecule has 1 aromatic rings. The van der Waals surface area contributed by atoms with Crippen LogP contribution in [-0.2, 0) is 0 Å². The lowest BCUT2D eigenvalue weighted by atomic mass is 10.2. The Kier molecular flexibility index (Phi) is 2.94. The molecule has 1 rings (SSSR count). The highest BCUT2D eigenvalue weighted by Gasteiger charge is 2.12. The number of hydrogen-bond donors (Lipinski definition) is 2. The Hall–Kier alpha value is -0.300. The number of aromatic hydroxyl groups is 1. The van der Waals surface area contributed by atoms with Gasteiger partial charge in [0.25, 0.3) is 0 Å². The standard InChI is InChI=1S/C7H4BrIO3/c8-5-2-3(9)1-4(6(5)10)7(11)12/h1-2,10H,(H,11,12). The molecule has 0 heterocycles. The fourth-order valence-corrected chi connectivity index (χ4v) is 2.24. The number of aromatic carboxylic acids is 1. The minimum Gasteiger partial charge on any atom is -0.506 e. The third-order valence-corrected chi connectivity index (χ3v) is 2.49. The maximum atomic E-state index is 10.5. The van der Waals surface area contributed by atoms with Crippen LogP contribution in [0.25, 0.3) is 0 Å². The molecule has 0 amide bonds. The van der Waals surface area contributed by atoms with E-state index in [0.717, 1.165) is 3.57 Å². The molecule has 0 saturated carbocycles. The Bertz CT molecular complexity index is 338. The molecule has 0 fully saturated rings. The quantitative estimate of drug-likeness (QED) is 0.771. The lowest BCUT2D eigenvalue weighted by Gasteiger charge is -2.02. The molecule has 3 nitrogen and oxygen atoms in total. The number of carbonyl (C=O) groups is 1. The number of carboxylic acids is 1. The van der Waals surface area contributed by atoms with Gasteiger partial charge in [-0.15, -0.1) is 0 Å². The maximum absolute atomic E-state index is 10.5. The molecule has 12 heavy (non-hydrogen) atoms. The van der Waals surface area contributed by atoms with Gasteiger partial charge < -0.3 is 10.2 Å². The van der Waals surface area contributed by atoms with E-state index < -0.39 is 5.97 Å². The van der Waals surface area contributed by atoms with Crippen LogP contribution < -0.4 is 0 Å². The van der Waals surface area contributed by atoms with E-state index in [9.17, 15) is 9.90 Å². The SMILES string of the molecule is O=C(O)c1cc(I)cc(Br)c1O. The van der Waals surface area contributed by atoms with Crippen LogP contribution in [0.15, 0.2) is 16.6 Å². The van der Waals surface area contributed by atoms with Crippen LogP contribution in [0.4, 0.5) is 0 Å². The fraction of sp³-hybridized carbons (Fsp3) is 0. The molecule has 0 saturated heterocycles. The van der Waals surface area contributed by atoms with Crippen molar-refractivity contribution >= 4 is 44.5 Å². The van der Waals surface area contributed by atoms with Gasteiger partial charge in [0, 0.05) is 3.57 Å². The topological polar surface area (TPSA) is 57.5 Å². The second kappa shape index (κ2) is 3.61. The summed E-state index contributed by atoms with van der Waals surface area (Å²) in [4.78, 5) is 10.5. The fourth-order valence-electron chi connectivity index (χ4n) is 0.729. The summed E-state index contributed by atoms with van der Waals surface area (Å²) in [6.07, 6.45) is 0. The summed E-state index contributed by atoms with van der Waals surface area (Å²) in [5, 5.41) is 17.9. The van der Waals surface area contributed by atoms with Gasteiger partial charge in [0.1, 0.15) is 11.3 Å². The molecular formula is C7H4BrIO3. The number of hydrogen-bond acceptors (Lipinski definition) is 2. The van der Waals surface area contributed by atoms with Crippen molar-refractivity contribution in [1.82, 2.24) is 0 Å². The Morgan fingerprint density at radius 2 is 2.08 bits per heavy atom. The van der Waals surface area contributed by atoms with Crippen molar-refractivity contribution in [2.75, 3.05) is 0 Å². The van der Waals surface area contributed by atoms with E-state index >= 15 is 0 Å². The minimum atomic E-state index is -1.13. The van der Waals surface area contributed by atoms with Gasteiger partial charge in [0.2, 0.25) is 0 Å². The van der Waals surface area contributed by atoms with E-state index in [4.69, 9.17) is 5.11 Å². The molecule has 2 N–H and O–H groups in total. The average Bonchev–Trinajstić information content (AvgIpc) is 1.96. The number of rotatable bonds is 1. The first kappa shape index (κ1) is 9.79. The highest BCUT2D eigenvalue weighted by Crippen LogP contribution is 2.29. The first-order valence-electron chi connectivity index (χ1n) is 2.93. The molecule has 0 radical (unpaired) electrons. The van der Waals surface area contributed by atoms with Crippen LogP contribution in [0.5, 0.6) is 5.75 Å². The Morgan fingerprint density at radius 1 is 1.50 bits per heavy atom. The highest BCUT2D eigenvalue weighted by molar-refractivity contribution is 14.1. The molecule has 0 aliphatic carbocycles. The molecule has 0 aliphatic rings. The van der Waals surface area contributed by atoms with Crippen molar-refractivity contribution < 1.29 is 15.0 Å². The predicted molar refractivity (Wildman–Crippen MR) is 55.5 cm³/mol. The first-order chi connectivity index (χ1) is 5.52. The van der Waals surface area contributed by atoms with Crippen molar-refractivity contribution in [2.24, 2.45) is 0 Å². The minimum absolute atomic E-state index is 0.0891. The lowest BCUT2D eigenvalue weighted by Crippen LogP contribution is -1.97. The second-order valence-electron chi connectivity index (χ2n) is 2.09. The summed E-state index contributed by atoms with van der Waals surface area (Å²) in [6, 6.07) is 3.05. The van der Waals surface area contributed by atoms with Crippen LogP contribution in [0.3, 0.4) is 0 Å². The average molecular weight is 343 g/mol. The van der Waals surface area contributed by atoms with Crippen LogP contribution in [0.1, 0.15) is 10.4 Å². The smallest absolute Gasteiger partial charge is 0.339 e. The normalized spacial score (nSPS) is 9.83. The van der Waals surface area contributed by atoms with Crippen molar-refractivity contribution in [2.45, 2.75) is 0 Å². The molecule has 0 spiro atoms. The zero-order valence-electron chi connectivity index (χ0n) is 5.71. The molecule has 0 bridgehead atoms. The summed E-state index contributed by atoms with van der Waals surface area (Å²) in [5.74, 6) is -1.37. The summed E-state index contributed by atoms with van der Waals surface area (Å²) in [7, 11) is 0. The highest BCUT2D eigenvalue weighted by atomic mass is 127. The first-order valence-corrected chi connectivity index (χ1v) is 4.81. The van der Waals surface area contributed by atoms with Gasteiger partial charge in [-0.3, -0.25) is 0 Å². The van der Waals surface area contributed by atoms with E-state index in [-0.39, 0.29) is 11.3 Å². The van der Waals surface area contributed by atoms with Crippen LogP contribution in [-0.4, -0.2) is 16.2 Å². The second-order valence-corrected chi connectivity index (χ2v) is 4.19. The Balaban J connectivity index is 3.37. The van der Waals surface area contributed by atoms with Gasteiger partial charge in [-0.05, 0) is 50.7 Å². The summed E-state index contributed by atoms with van der Waals surface area (Å²) >= 11 is 5.02. The molecule has 1 aromatic carbocycles. The van der Waals surface area contributed by atoms with E-state index in [1.165, 1.54) is 6.07 Å². The zero-order valence-corrected chi connectivity index (χ0v) is 9.46. The van der Waals surface area contributed by atoms with Gasteiger partial charge in [-0.2, -0.15) is 0 Å². The van der Waals surface area contributed by atoms with Crippen LogP contribution >= 0.6 is 38.5 Å². The van der Waals surface area contributed by atoms with Crippen molar-refractivity contribution in [3.8, 4) is 5.75 Å². The predicted octanol–water partition coefficient (Wildman–Crippen LogP) is 2.46. The Morgan fingerprint density at radius 3 is 2.58 bits per heavy atom. The van der Waals surface area contributed by atoms with Gasteiger partial charge >= 0.3 is 5.97 Å². The van der Waals surface area contributed by atoms with Gasteiger partial charge in [-0.1, -0.05) is 0 Å². The van der Waals surface area contributed by atoms with Gasteiger partial charge in [-0.25, -0.2) is 4.79 Å². The molecule has 0 atom stereocenters. The third kappa shape index (κ3) is 1.89. The van der Waals surface area contributed by atoms with E-state index in [2.05, 4.69) is 15.9 Å². The van der Waals surface area contributed by atoms with E-state index in [0.29, 0.717) is 4.47 Å². The lowest BCUT2D eigenvalue weighted by molar-refractivity contribution is 0.0693. The van der Waals surface area contributed by atoms with Crippen molar-refractivity contribution in [3.63, 3.8) is 0 Å². The number of carboxylic acid groups (broad SMARTS) is 1. The van der Waals surface area contributed by atoms with Crippen LogP contribution in [0.2, 0.25) is 0 Å². The van der Waals surface area contributed by atoms with Crippen molar-refractivity contribution in [1.29, 1.82) is 0 Å². The van der Waals surface area contributed by atoms with Gasteiger partial charge in [0.15, 0.2) is 0 Å². The monoisotopic (exact) mass is 342 g/mol. The van der Waals surface area contributed by atoms with E-state index in [1.54, 1.807) is 6.07 Å². The molecule has 64 valence electrons. The number of phenols is 1. The number of halogens is 2. The van der Waals surface area contributed by atoms with Crippen LogP contribution in [0, 0.1) is 3.57 Å². The number of benzene rings is 1. The Labute approximate surface area is 90.7 Å².